The van der Waals surface area contributed by atoms with Crippen LogP contribution in [0.4, 0.5) is 0 Å². The third-order valence-electron chi connectivity index (χ3n) is 3.95. The summed E-state index contributed by atoms with van der Waals surface area (Å²) in [5.74, 6) is 0.127. The highest BCUT2D eigenvalue weighted by atomic mass is 16.5. The molecule has 2 bridgehead atoms. The molecular weight excluding hydrogens is 232 g/mol. The monoisotopic (exact) mass is 254 g/mol. The molecule has 0 spiro atoms. The smallest absolute Gasteiger partial charge is 0.232 e. The number of carbonyl (C=O) groups is 2. The highest BCUT2D eigenvalue weighted by molar-refractivity contribution is 6.00. The molecule has 0 radical (unpaired) electrons. The van der Waals surface area contributed by atoms with Crippen LogP contribution in [-0.2, 0) is 14.3 Å². The summed E-state index contributed by atoms with van der Waals surface area (Å²) in [7, 11) is 0. The van der Waals surface area contributed by atoms with Gasteiger partial charge in [0.15, 0.2) is 0 Å². The lowest BCUT2D eigenvalue weighted by atomic mass is 9.77. The predicted octanol–water partition coefficient (Wildman–Crippen LogP) is 0.525. The van der Waals surface area contributed by atoms with Gasteiger partial charge in [-0.2, -0.15) is 0 Å². The molecule has 0 aromatic rings. The Bertz CT molecular complexity index is 310. The summed E-state index contributed by atoms with van der Waals surface area (Å²) < 4.78 is 5.44. The lowest BCUT2D eigenvalue weighted by Crippen LogP contribution is -2.52. The summed E-state index contributed by atoms with van der Waals surface area (Å²) in [5.41, 5.74) is 5.45. The molecule has 1 aliphatic heterocycles. The van der Waals surface area contributed by atoms with Crippen LogP contribution < -0.4 is 5.73 Å². The second kappa shape index (κ2) is 5.80. The highest BCUT2D eigenvalue weighted by Gasteiger charge is 2.42. The van der Waals surface area contributed by atoms with Gasteiger partial charge in [-0.05, 0) is 26.2 Å². The molecule has 1 aliphatic carbocycles. The molecule has 2 N–H and O–H groups in total. The molecule has 3 unspecified atom stereocenters. The first-order chi connectivity index (χ1) is 8.63. The van der Waals surface area contributed by atoms with Crippen LogP contribution in [0.2, 0.25) is 0 Å². The van der Waals surface area contributed by atoms with Crippen LogP contribution in [-0.4, -0.2) is 42.5 Å². The number of nitrogens with zero attached hydrogens (tertiary/aromatic N) is 1. The van der Waals surface area contributed by atoms with Crippen LogP contribution in [0.3, 0.4) is 0 Å². The number of hydrogen-bond donors (Lipinski definition) is 1. The molecule has 0 aromatic heterocycles. The first-order valence-electron chi connectivity index (χ1n) is 6.80. The second-order valence-electron chi connectivity index (χ2n) is 5.31. The van der Waals surface area contributed by atoms with Crippen molar-refractivity contribution >= 4 is 11.8 Å². The van der Waals surface area contributed by atoms with Crippen LogP contribution in [0.1, 0.15) is 32.6 Å². The minimum Gasteiger partial charge on any atom is -0.375 e. The van der Waals surface area contributed by atoms with Gasteiger partial charge in [-0.3, -0.25) is 14.5 Å². The van der Waals surface area contributed by atoms with E-state index in [0.717, 1.165) is 25.7 Å². The van der Waals surface area contributed by atoms with E-state index in [1.165, 1.54) is 4.90 Å². The second-order valence-corrected chi connectivity index (χ2v) is 5.31. The Kier molecular flexibility index (Phi) is 4.35. The van der Waals surface area contributed by atoms with Crippen LogP contribution in [0.5, 0.6) is 0 Å². The van der Waals surface area contributed by atoms with E-state index in [4.69, 9.17) is 10.5 Å². The standard InChI is InChI=1S/C13H22N2O3/c1-9(8-14)18-6-5-15-12(16)10-3-2-4-11(7-10)13(15)17/h9-11H,2-8,14H2,1H3. The maximum absolute atomic E-state index is 12.1. The quantitative estimate of drug-likeness (QED) is 0.726. The number of piperidine rings is 1. The maximum Gasteiger partial charge on any atom is 0.232 e. The van der Waals surface area contributed by atoms with Crippen molar-refractivity contribution in [3.05, 3.63) is 0 Å². The minimum atomic E-state index is -0.0282. The van der Waals surface area contributed by atoms with E-state index in [-0.39, 0.29) is 29.8 Å². The summed E-state index contributed by atoms with van der Waals surface area (Å²) in [4.78, 5) is 25.6. The number of carbonyl (C=O) groups excluding carboxylic acids is 2. The first kappa shape index (κ1) is 13.5. The molecule has 0 aromatic carbocycles. The Morgan fingerprint density at radius 2 is 1.94 bits per heavy atom. The van der Waals surface area contributed by atoms with Gasteiger partial charge in [0.2, 0.25) is 11.8 Å². The van der Waals surface area contributed by atoms with E-state index in [0.29, 0.717) is 19.7 Å². The van der Waals surface area contributed by atoms with Crippen LogP contribution in [0.25, 0.3) is 0 Å². The third-order valence-corrected chi connectivity index (χ3v) is 3.95. The third kappa shape index (κ3) is 2.72. The van der Waals surface area contributed by atoms with Crippen molar-refractivity contribution in [2.24, 2.45) is 17.6 Å². The molecule has 2 rings (SSSR count). The minimum absolute atomic E-state index is 0.0000449. The molecule has 5 nitrogen and oxygen atoms in total. The molecule has 18 heavy (non-hydrogen) atoms. The van der Waals surface area contributed by atoms with Gasteiger partial charge in [-0.15, -0.1) is 0 Å². The van der Waals surface area contributed by atoms with Crippen molar-refractivity contribution in [1.29, 1.82) is 0 Å². The summed E-state index contributed by atoms with van der Waals surface area (Å²) in [6.07, 6.45) is 3.59. The van der Waals surface area contributed by atoms with Gasteiger partial charge < -0.3 is 10.5 Å². The zero-order chi connectivity index (χ0) is 13.1. The van der Waals surface area contributed by atoms with Crippen molar-refractivity contribution in [1.82, 2.24) is 4.90 Å². The number of fused-ring (bicyclic) bond motifs is 2. The highest BCUT2D eigenvalue weighted by Crippen LogP contribution is 2.35. The molecule has 2 amide bonds. The Balaban J connectivity index is 1.90. The molecule has 2 aliphatic rings. The molecular formula is C13H22N2O3. The Morgan fingerprint density at radius 1 is 1.33 bits per heavy atom. The molecule has 5 heteroatoms. The van der Waals surface area contributed by atoms with Gasteiger partial charge in [0, 0.05) is 18.4 Å². The average molecular weight is 254 g/mol. The Labute approximate surface area is 108 Å². The lowest BCUT2D eigenvalue weighted by Gasteiger charge is -2.38. The van der Waals surface area contributed by atoms with Gasteiger partial charge in [0.1, 0.15) is 0 Å². The van der Waals surface area contributed by atoms with Crippen molar-refractivity contribution in [2.45, 2.75) is 38.7 Å². The summed E-state index contributed by atoms with van der Waals surface area (Å²) in [5, 5.41) is 0. The van der Waals surface area contributed by atoms with Gasteiger partial charge in [0.05, 0.1) is 19.3 Å². The number of hydrogen-bond acceptors (Lipinski definition) is 4. The number of amides is 2. The SMILES string of the molecule is CC(CN)OCCN1C(=O)C2CCCC(C2)C1=O. The molecule has 1 saturated heterocycles. The van der Waals surface area contributed by atoms with Crippen LogP contribution >= 0.6 is 0 Å². The topological polar surface area (TPSA) is 72.6 Å². The number of imide groups is 1. The Hall–Kier alpha value is -0.940. The normalized spacial score (nSPS) is 29.6. The van der Waals surface area contributed by atoms with E-state index in [1.807, 2.05) is 6.92 Å². The molecule has 2 fully saturated rings. The molecule has 1 saturated carbocycles. The summed E-state index contributed by atoms with van der Waals surface area (Å²) in [6.45, 7) is 3.09. The molecule has 102 valence electrons. The van der Waals surface area contributed by atoms with E-state index in [2.05, 4.69) is 0 Å². The zero-order valence-electron chi connectivity index (χ0n) is 10.9. The average Bonchev–Trinajstić information content (AvgIpc) is 2.40. The predicted molar refractivity (Wildman–Crippen MR) is 66.6 cm³/mol. The van der Waals surface area contributed by atoms with Crippen LogP contribution in [0, 0.1) is 11.8 Å². The van der Waals surface area contributed by atoms with E-state index >= 15 is 0 Å². The largest absolute Gasteiger partial charge is 0.375 e. The number of ether oxygens (including phenoxy) is 1. The van der Waals surface area contributed by atoms with Gasteiger partial charge in [0.25, 0.3) is 0 Å². The van der Waals surface area contributed by atoms with Gasteiger partial charge >= 0.3 is 0 Å². The first-order valence-corrected chi connectivity index (χ1v) is 6.80. The van der Waals surface area contributed by atoms with Gasteiger partial charge in [-0.1, -0.05) is 6.42 Å². The van der Waals surface area contributed by atoms with E-state index in [1.54, 1.807) is 0 Å². The summed E-state index contributed by atoms with van der Waals surface area (Å²) >= 11 is 0. The molecule has 3 atom stereocenters. The zero-order valence-corrected chi connectivity index (χ0v) is 10.9. The summed E-state index contributed by atoms with van der Waals surface area (Å²) in [6, 6.07) is 0. The van der Waals surface area contributed by atoms with E-state index < -0.39 is 0 Å². The number of nitrogens with two attached hydrogens (primary N) is 1. The number of rotatable bonds is 5. The fourth-order valence-corrected chi connectivity index (χ4v) is 2.82. The maximum atomic E-state index is 12.1. The fraction of sp³-hybridized carbons (Fsp3) is 0.846. The van der Waals surface area contributed by atoms with Crippen molar-refractivity contribution < 1.29 is 14.3 Å². The van der Waals surface area contributed by atoms with Crippen molar-refractivity contribution in [3.8, 4) is 0 Å². The van der Waals surface area contributed by atoms with Gasteiger partial charge in [-0.25, -0.2) is 0 Å². The van der Waals surface area contributed by atoms with E-state index in [9.17, 15) is 9.59 Å². The number of likely N-dealkylation sites (tertiary alicyclic amines) is 1. The lowest BCUT2D eigenvalue weighted by molar-refractivity contribution is -0.159. The van der Waals surface area contributed by atoms with Crippen LogP contribution in [0.15, 0.2) is 0 Å². The van der Waals surface area contributed by atoms with Crippen molar-refractivity contribution in [2.75, 3.05) is 19.7 Å². The fourth-order valence-electron chi connectivity index (χ4n) is 2.82. The van der Waals surface area contributed by atoms with Crippen molar-refractivity contribution in [3.63, 3.8) is 0 Å². The Morgan fingerprint density at radius 3 is 2.50 bits per heavy atom. The molecule has 1 heterocycles.